The van der Waals surface area contributed by atoms with Crippen molar-refractivity contribution >= 4 is 23.2 Å². The molecule has 1 N–H and O–H groups in total. The normalized spacial score (nSPS) is 15.9. The van der Waals surface area contributed by atoms with Gasteiger partial charge in [-0.3, -0.25) is 9.36 Å². The van der Waals surface area contributed by atoms with Crippen LogP contribution < -0.4 is 5.56 Å². The van der Waals surface area contributed by atoms with E-state index in [1.54, 1.807) is 18.2 Å². The van der Waals surface area contributed by atoms with Crippen molar-refractivity contribution in [2.24, 2.45) is 0 Å². The average Bonchev–Trinajstić information content (AvgIpc) is 2.49. The van der Waals surface area contributed by atoms with Gasteiger partial charge in [-0.15, -0.1) is 0 Å². The first-order valence-electron chi connectivity index (χ1n) is 7.34. The van der Waals surface area contributed by atoms with E-state index in [2.05, 4.69) is 4.98 Å². The fraction of sp³-hybridized carbons (Fsp3) is 0.375. The zero-order valence-corrected chi connectivity index (χ0v) is 13.4. The van der Waals surface area contributed by atoms with Crippen LogP contribution in [0.5, 0.6) is 5.88 Å². The Morgan fingerprint density at radius 1 is 1.14 bits per heavy atom. The molecule has 0 atom stereocenters. The molecule has 1 heterocycles. The molecule has 0 amide bonds. The minimum Gasteiger partial charge on any atom is -0.493 e. The van der Waals surface area contributed by atoms with Crippen LogP contribution >= 0.6 is 23.2 Å². The molecule has 3 rings (SSSR count). The van der Waals surface area contributed by atoms with Gasteiger partial charge in [-0.2, -0.15) is 4.98 Å². The molecule has 0 bridgehead atoms. The maximum Gasteiger partial charge on any atom is 0.261 e. The summed E-state index contributed by atoms with van der Waals surface area (Å²) < 4.78 is 1.49. The molecular formula is C16H16Cl2N2O2. The first kappa shape index (κ1) is 15.4. The SMILES string of the molecule is O=c1cc(O)nc(C2CCCCC2)n1-c1ccc(Cl)cc1Cl. The maximum atomic E-state index is 12.4. The molecule has 0 saturated heterocycles. The summed E-state index contributed by atoms with van der Waals surface area (Å²) in [5, 5.41) is 10.6. The molecule has 2 aromatic rings. The lowest BCUT2D eigenvalue weighted by Crippen LogP contribution is -2.25. The van der Waals surface area contributed by atoms with Gasteiger partial charge in [0.1, 0.15) is 5.82 Å². The van der Waals surface area contributed by atoms with Gasteiger partial charge in [0.2, 0.25) is 5.88 Å². The van der Waals surface area contributed by atoms with E-state index in [9.17, 15) is 9.90 Å². The van der Waals surface area contributed by atoms with Gasteiger partial charge in [0, 0.05) is 10.9 Å². The van der Waals surface area contributed by atoms with E-state index in [1.807, 2.05) is 0 Å². The lowest BCUT2D eigenvalue weighted by molar-refractivity contribution is 0.402. The number of benzene rings is 1. The van der Waals surface area contributed by atoms with Crippen molar-refractivity contribution < 1.29 is 5.11 Å². The zero-order valence-electron chi connectivity index (χ0n) is 11.9. The third kappa shape index (κ3) is 2.99. The fourth-order valence-corrected chi connectivity index (χ4v) is 3.52. The predicted molar refractivity (Wildman–Crippen MR) is 87.3 cm³/mol. The van der Waals surface area contributed by atoms with Crippen LogP contribution in [0.1, 0.15) is 43.8 Å². The molecule has 116 valence electrons. The highest BCUT2D eigenvalue weighted by Crippen LogP contribution is 2.34. The highest BCUT2D eigenvalue weighted by molar-refractivity contribution is 6.35. The minimum absolute atomic E-state index is 0.153. The number of halogens is 2. The van der Waals surface area contributed by atoms with Crippen molar-refractivity contribution in [1.29, 1.82) is 0 Å². The molecule has 6 heteroatoms. The Bertz CT molecular complexity index is 752. The lowest BCUT2D eigenvalue weighted by Gasteiger charge is -2.24. The number of aromatic nitrogens is 2. The van der Waals surface area contributed by atoms with Gasteiger partial charge >= 0.3 is 0 Å². The number of hydrogen-bond acceptors (Lipinski definition) is 3. The van der Waals surface area contributed by atoms with Gasteiger partial charge in [0.25, 0.3) is 5.56 Å². The predicted octanol–water partition coefficient (Wildman–Crippen LogP) is 4.29. The summed E-state index contributed by atoms with van der Waals surface area (Å²) in [5.74, 6) is 0.487. The highest BCUT2D eigenvalue weighted by atomic mass is 35.5. The average molecular weight is 339 g/mol. The number of nitrogens with zero attached hydrogens (tertiary/aromatic N) is 2. The van der Waals surface area contributed by atoms with Crippen molar-refractivity contribution in [3.8, 4) is 11.6 Å². The first-order chi connectivity index (χ1) is 10.6. The quantitative estimate of drug-likeness (QED) is 0.888. The zero-order chi connectivity index (χ0) is 15.7. The number of rotatable bonds is 2. The Morgan fingerprint density at radius 2 is 1.86 bits per heavy atom. The first-order valence-corrected chi connectivity index (χ1v) is 8.10. The van der Waals surface area contributed by atoms with E-state index in [1.165, 1.54) is 11.0 Å². The van der Waals surface area contributed by atoms with Gasteiger partial charge in [-0.05, 0) is 31.0 Å². The number of aromatic hydroxyl groups is 1. The van der Waals surface area contributed by atoms with Gasteiger partial charge < -0.3 is 5.11 Å². The molecule has 0 spiro atoms. The summed E-state index contributed by atoms with van der Waals surface area (Å²) in [6.07, 6.45) is 5.32. The van der Waals surface area contributed by atoms with Gasteiger partial charge in [0.05, 0.1) is 16.8 Å². The molecule has 4 nitrogen and oxygen atoms in total. The largest absolute Gasteiger partial charge is 0.493 e. The van der Waals surface area contributed by atoms with Crippen LogP contribution in [0.15, 0.2) is 29.1 Å². The standard InChI is InChI=1S/C16H16Cl2N2O2/c17-11-6-7-13(12(18)8-11)20-15(22)9-14(21)19-16(20)10-4-2-1-3-5-10/h6-10,21H,1-5H2. The number of hydrogen-bond donors (Lipinski definition) is 1. The van der Waals surface area contributed by atoms with Crippen LogP contribution in [0.25, 0.3) is 5.69 Å². The Balaban J connectivity index is 2.19. The molecule has 1 aromatic heterocycles. The summed E-state index contributed by atoms with van der Waals surface area (Å²) >= 11 is 12.2. The van der Waals surface area contributed by atoms with E-state index in [0.717, 1.165) is 31.7 Å². The third-order valence-electron chi connectivity index (χ3n) is 4.05. The lowest BCUT2D eigenvalue weighted by atomic mass is 9.88. The molecule has 0 radical (unpaired) electrons. The van der Waals surface area contributed by atoms with Crippen LogP contribution in [-0.4, -0.2) is 14.7 Å². The summed E-state index contributed by atoms with van der Waals surface area (Å²) in [6, 6.07) is 6.10. The van der Waals surface area contributed by atoms with E-state index in [0.29, 0.717) is 21.6 Å². The van der Waals surface area contributed by atoms with Gasteiger partial charge in [-0.25, -0.2) is 0 Å². The Labute approximate surface area is 138 Å². The second kappa shape index (κ2) is 6.31. The molecule has 1 aliphatic rings. The van der Waals surface area contributed by atoms with Crippen LogP contribution in [0.2, 0.25) is 10.0 Å². The molecule has 1 fully saturated rings. The van der Waals surface area contributed by atoms with E-state index >= 15 is 0 Å². The fourth-order valence-electron chi connectivity index (χ4n) is 3.03. The van der Waals surface area contributed by atoms with Gasteiger partial charge in [-0.1, -0.05) is 42.5 Å². The second-order valence-corrected chi connectivity index (χ2v) is 6.42. The van der Waals surface area contributed by atoms with E-state index in [4.69, 9.17) is 23.2 Å². The monoisotopic (exact) mass is 338 g/mol. The van der Waals surface area contributed by atoms with Crippen LogP contribution in [0.4, 0.5) is 0 Å². The van der Waals surface area contributed by atoms with E-state index < -0.39 is 0 Å². The van der Waals surface area contributed by atoms with Gasteiger partial charge in [0.15, 0.2) is 0 Å². The molecule has 1 aliphatic carbocycles. The Hall–Kier alpha value is -1.52. The van der Waals surface area contributed by atoms with Crippen LogP contribution in [0.3, 0.4) is 0 Å². The summed E-state index contributed by atoms with van der Waals surface area (Å²) in [4.78, 5) is 16.6. The van der Waals surface area contributed by atoms with Crippen molar-refractivity contribution in [1.82, 2.24) is 9.55 Å². The molecule has 1 aromatic carbocycles. The summed E-state index contributed by atoms with van der Waals surface area (Å²) in [7, 11) is 0. The Kier molecular flexibility index (Phi) is 4.41. The maximum absolute atomic E-state index is 12.4. The van der Waals surface area contributed by atoms with Crippen molar-refractivity contribution in [2.75, 3.05) is 0 Å². The molecule has 1 saturated carbocycles. The molecule has 22 heavy (non-hydrogen) atoms. The molecule has 0 aliphatic heterocycles. The molecule has 0 unspecified atom stereocenters. The second-order valence-electron chi connectivity index (χ2n) is 5.58. The van der Waals surface area contributed by atoms with Crippen LogP contribution in [0, 0.1) is 0 Å². The van der Waals surface area contributed by atoms with Crippen molar-refractivity contribution in [3.63, 3.8) is 0 Å². The highest BCUT2D eigenvalue weighted by Gasteiger charge is 2.23. The summed E-state index contributed by atoms with van der Waals surface area (Å²) in [5.41, 5.74) is 0.210. The van der Waals surface area contributed by atoms with E-state index in [-0.39, 0.29) is 17.4 Å². The Morgan fingerprint density at radius 3 is 2.55 bits per heavy atom. The van der Waals surface area contributed by atoms with Crippen molar-refractivity contribution in [2.45, 2.75) is 38.0 Å². The smallest absolute Gasteiger partial charge is 0.261 e. The molecular weight excluding hydrogens is 323 g/mol. The third-order valence-corrected chi connectivity index (χ3v) is 4.59. The summed E-state index contributed by atoms with van der Waals surface area (Å²) in [6.45, 7) is 0. The minimum atomic E-state index is -0.336. The van der Waals surface area contributed by atoms with Crippen molar-refractivity contribution in [3.05, 3.63) is 50.5 Å². The topological polar surface area (TPSA) is 55.1 Å². The van der Waals surface area contributed by atoms with Crippen LogP contribution in [-0.2, 0) is 0 Å².